The van der Waals surface area contributed by atoms with Crippen molar-refractivity contribution in [3.8, 4) is 11.3 Å². The van der Waals surface area contributed by atoms with Crippen molar-refractivity contribution in [3.05, 3.63) is 78.3 Å². The minimum absolute atomic E-state index is 0.0301. The highest BCUT2D eigenvalue weighted by atomic mass is 32.2. The van der Waals surface area contributed by atoms with Crippen LogP contribution in [0.4, 0.5) is 4.39 Å². The maximum atomic E-state index is 13.0. The van der Waals surface area contributed by atoms with Crippen molar-refractivity contribution < 1.29 is 22.0 Å². The zero-order chi connectivity index (χ0) is 22.6. The summed E-state index contributed by atoms with van der Waals surface area (Å²) in [5, 5.41) is 0. The Morgan fingerprint density at radius 3 is 2.38 bits per heavy atom. The number of aryl methyl sites for hydroxylation is 1. The first-order chi connectivity index (χ1) is 15.4. The van der Waals surface area contributed by atoms with E-state index in [0.717, 1.165) is 29.2 Å². The summed E-state index contributed by atoms with van der Waals surface area (Å²) in [5.41, 5.74) is 0.996. The molecule has 2 aromatic carbocycles. The highest BCUT2D eigenvalue weighted by Crippen LogP contribution is 2.23. The Kier molecular flexibility index (Phi) is 6.72. The normalized spacial score (nSPS) is 15.1. The fourth-order valence-electron chi connectivity index (χ4n) is 3.81. The molecule has 8 heteroatoms. The summed E-state index contributed by atoms with van der Waals surface area (Å²) >= 11 is 0. The Bertz CT molecular complexity index is 1150. The van der Waals surface area contributed by atoms with Gasteiger partial charge in [0.1, 0.15) is 17.3 Å². The largest absolute Gasteiger partial charge is 0.461 e. The number of carbonyl (C=O) groups excluding carboxylic acids is 1. The van der Waals surface area contributed by atoms with Gasteiger partial charge in [-0.3, -0.25) is 4.79 Å². The van der Waals surface area contributed by atoms with Crippen LogP contribution in [0.5, 0.6) is 0 Å². The number of piperidine rings is 1. The van der Waals surface area contributed by atoms with Gasteiger partial charge in [-0.05, 0) is 49.2 Å². The van der Waals surface area contributed by atoms with Gasteiger partial charge in [-0.25, -0.2) is 17.5 Å². The molecule has 32 heavy (non-hydrogen) atoms. The second-order valence-electron chi connectivity index (χ2n) is 7.86. The molecule has 0 radical (unpaired) electrons. The molecule has 1 fully saturated rings. The Morgan fingerprint density at radius 2 is 1.69 bits per heavy atom. The smallest absolute Gasteiger partial charge is 0.240 e. The molecule has 3 aromatic rings. The summed E-state index contributed by atoms with van der Waals surface area (Å²) in [5.74, 6) is 1.09. The number of halogens is 1. The molecule has 1 saturated heterocycles. The van der Waals surface area contributed by atoms with Crippen LogP contribution in [-0.2, 0) is 21.2 Å². The Morgan fingerprint density at radius 1 is 1.00 bits per heavy atom. The highest BCUT2D eigenvalue weighted by Gasteiger charge is 2.26. The third-order valence-corrected chi connectivity index (χ3v) is 7.14. The number of rotatable bonds is 7. The van der Waals surface area contributed by atoms with Gasteiger partial charge in [-0.1, -0.05) is 30.3 Å². The quantitative estimate of drug-likeness (QED) is 0.583. The van der Waals surface area contributed by atoms with Crippen LogP contribution in [0.2, 0.25) is 0 Å². The second kappa shape index (κ2) is 9.67. The van der Waals surface area contributed by atoms with Gasteiger partial charge in [-0.15, -0.1) is 0 Å². The lowest BCUT2D eigenvalue weighted by Crippen LogP contribution is -2.46. The van der Waals surface area contributed by atoms with Crippen LogP contribution in [0, 0.1) is 5.82 Å². The molecule has 1 aliphatic heterocycles. The molecule has 0 aliphatic carbocycles. The average Bonchev–Trinajstić information content (AvgIpc) is 3.28. The maximum absolute atomic E-state index is 13.0. The van der Waals surface area contributed by atoms with E-state index in [4.69, 9.17) is 4.42 Å². The van der Waals surface area contributed by atoms with Crippen molar-refractivity contribution in [2.75, 3.05) is 13.1 Å². The maximum Gasteiger partial charge on any atom is 0.240 e. The van der Waals surface area contributed by atoms with Gasteiger partial charge in [0.25, 0.3) is 0 Å². The topological polar surface area (TPSA) is 79.6 Å². The van der Waals surface area contributed by atoms with Gasteiger partial charge in [-0.2, -0.15) is 0 Å². The number of sulfonamides is 1. The molecule has 4 rings (SSSR count). The first-order valence-electron chi connectivity index (χ1n) is 10.6. The van der Waals surface area contributed by atoms with Crippen molar-refractivity contribution in [1.82, 2.24) is 9.62 Å². The molecule has 2 heterocycles. The van der Waals surface area contributed by atoms with Crippen LogP contribution < -0.4 is 4.72 Å². The monoisotopic (exact) mass is 456 g/mol. The fraction of sp³-hybridized carbons (Fsp3) is 0.292. The van der Waals surface area contributed by atoms with Gasteiger partial charge in [0, 0.05) is 37.5 Å². The number of furan rings is 1. The van der Waals surface area contributed by atoms with Gasteiger partial charge in [0.2, 0.25) is 15.9 Å². The number of carbonyl (C=O) groups is 1. The van der Waals surface area contributed by atoms with Crippen molar-refractivity contribution in [1.29, 1.82) is 0 Å². The van der Waals surface area contributed by atoms with E-state index in [1.165, 1.54) is 12.1 Å². The Labute approximate surface area is 187 Å². The van der Waals surface area contributed by atoms with Gasteiger partial charge in [0.15, 0.2) is 0 Å². The lowest BCUT2D eigenvalue weighted by atomic mass is 10.1. The molecule has 6 nitrogen and oxygen atoms in total. The number of nitrogens with one attached hydrogen (secondary N) is 1. The molecular weight excluding hydrogens is 431 g/mol. The molecule has 0 bridgehead atoms. The van der Waals surface area contributed by atoms with Crippen molar-refractivity contribution in [3.63, 3.8) is 0 Å². The standard InChI is InChI=1S/C24H25FN2O4S/c25-19-6-10-22(11-7-19)32(29,30)26-20-14-16-27(17-15-20)24(28)13-9-21-8-12-23(31-21)18-4-2-1-3-5-18/h1-8,10-12,20,26H,9,13-17H2. The zero-order valence-corrected chi connectivity index (χ0v) is 18.4. The van der Waals surface area contributed by atoms with Crippen LogP contribution in [0.25, 0.3) is 11.3 Å². The molecule has 1 aliphatic rings. The van der Waals surface area contributed by atoms with E-state index in [9.17, 15) is 17.6 Å². The van der Waals surface area contributed by atoms with Gasteiger partial charge >= 0.3 is 0 Å². The molecular formula is C24H25FN2O4S. The molecule has 168 valence electrons. The van der Waals surface area contributed by atoms with Crippen LogP contribution >= 0.6 is 0 Å². The number of hydrogen-bond donors (Lipinski definition) is 1. The van der Waals surface area contributed by atoms with E-state index in [2.05, 4.69) is 4.72 Å². The van der Waals surface area contributed by atoms with Crippen LogP contribution in [0.15, 0.2) is 76.0 Å². The predicted octanol–water partition coefficient (Wildman–Crippen LogP) is 3.99. The SMILES string of the molecule is O=C(CCc1ccc(-c2ccccc2)o1)N1CCC(NS(=O)(=O)c2ccc(F)cc2)CC1. The predicted molar refractivity (Wildman–Crippen MR) is 119 cm³/mol. The molecule has 1 aromatic heterocycles. The van der Waals surface area contributed by atoms with Crippen LogP contribution in [0.3, 0.4) is 0 Å². The summed E-state index contributed by atoms with van der Waals surface area (Å²) in [4.78, 5) is 14.4. The van der Waals surface area contributed by atoms with Crippen LogP contribution in [0.1, 0.15) is 25.0 Å². The zero-order valence-electron chi connectivity index (χ0n) is 17.5. The molecule has 0 saturated carbocycles. The number of benzene rings is 2. The molecule has 0 atom stereocenters. The minimum atomic E-state index is -3.71. The molecule has 1 N–H and O–H groups in total. The second-order valence-corrected chi connectivity index (χ2v) is 9.58. The van der Waals surface area contributed by atoms with E-state index in [1.807, 2.05) is 42.5 Å². The van der Waals surface area contributed by atoms with E-state index in [-0.39, 0.29) is 16.8 Å². The minimum Gasteiger partial charge on any atom is -0.461 e. The molecule has 1 amide bonds. The van der Waals surface area contributed by atoms with E-state index >= 15 is 0 Å². The Hall–Kier alpha value is -2.97. The summed E-state index contributed by atoms with van der Waals surface area (Å²) in [6.45, 7) is 0.978. The van der Waals surface area contributed by atoms with Gasteiger partial charge < -0.3 is 9.32 Å². The number of hydrogen-bond acceptors (Lipinski definition) is 4. The van der Waals surface area contributed by atoms with E-state index in [0.29, 0.717) is 38.8 Å². The summed E-state index contributed by atoms with van der Waals surface area (Å²) < 4.78 is 46.5. The van der Waals surface area contributed by atoms with Crippen LogP contribution in [-0.4, -0.2) is 38.4 Å². The molecule has 0 unspecified atom stereocenters. The highest BCUT2D eigenvalue weighted by molar-refractivity contribution is 7.89. The number of likely N-dealkylation sites (tertiary alicyclic amines) is 1. The van der Waals surface area contributed by atoms with Crippen molar-refractivity contribution in [2.45, 2.75) is 36.6 Å². The number of amides is 1. The number of nitrogens with zero attached hydrogens (tertiary/aromatic N) is 1. The Balaban J connectivity index is 1.25. The fourth-order valence-corrected chi connectivity index (χ4v) is 5.11. The summed E-state index contributed by atoms with van der Waals surface area (Å²) in [6.07, 6.45) is 1.92. The average molecular weight is 457 g/mol. The van der Waals surface area contributed by atoms with Crippen molar-refractivity contribution in [2.24, 2.45) is 0 Å². The molecule has 0 spiro atoms. The summed E-state index contributed by atoms with van der Waals surface area (Å²) in [7, 11) is -3.71. The van der Waals surface area contributed by atoms with E-state index < -0.39 is 15.8 Å². The third-order valence-electron chi connectivity index (χ3n) is 5.60. The van der Waals surface area contributed by atoms with Gasteiger partial charge in [0.05, 0.1) is 4.90 Å². The first-order valence-corrected chi connectivity index (χ1v) is 12.1. The van der Waals surface area contributed by atoms with Crippen molar-refractivity contribution >= 4 is 15.9 Å². The summed E-state index contributed by atoms with van der Waals surface area (Å²) in [6, 6.07) is 18.1. The lowest BCUT2D eigenvalue weighted by Gasteiger charge is -2.32. The third kappa shape index (κ3) is 5.44. The lowest BCUT2D eigenvalue weighted by molar-refractivity contribution is -0.132. The van der Waals surface area contributed by atoms with E-state index in [1.54, 1.807) is 4.90 Å². The first kappa shape index (κ1) is 22.2.